The molecular weight excluding hydrogens is 319 g/mol. The molecule has 6 heteroatoms. The Hall–Kier alpha value is -2.21. The van der Waals surface area contributed by atoms with Crippen LogP contribution in [0.4, 0.5) is 4.39 Å². The molecule has 1 aliphatic heterocycles. The van der Waals surface area contributed by atoms with Crippen molar-refractivity contribution in [1.82, 2.24) is 14.9 Å². The molecular formula is C19H29FN4O. The Morgan fingerprint density at radius 3 is 2.64 bits per heavy atom. The molecule has 25 heavy (non-hydrogen) atoms. The average molecular weight is 348 g/mol. The molecule has 2 unspecified atom stereocenters. The van der Waals surface area contributed by atoms with Crippen LogP contribution in [0, 0.1) is 5.82 Å². The zero-order chi connectivity index (χ0) is 19.0. The lowest BCUT2D eigenvalue weighted by atomic mass is 9.95. The van der Waals surface area contributed by atoms with Gasteiger partial charge in [0, 0.05) is 18.7 Å². The second-order valence-electron chi connectivity index (χ2n) is 5.29. The molecule has 1 aliphatic rings. The molecule has 0 radical (unpaired) electrons. The molecule has 138 valence electrons. The van der Waals surface area contributed by atoms with Crippen LogP contribution in [-0.4, -0.2) is 33.4 Å². The molecule has 0 saturated carbocycles. The van der Waals surface area contributed by atoms with E-state index in [2.05, 4.69) is 9.97 Å². The fourth-order valence-electron chi connectivity index (χ4n) is 2.79. The lowest BCUT2D eigenvalue weighted by Crippen LogP contribution is -2.47. The third-order valence-electron chi connectivity index (χ3n) is 3.76. The summed E-state index contributed by atoms with van der Waals surface area (Å²) in [5, 5.41) is 0. The van der Waals surface area contributed by atoms with Gasteiger partial charge in [0.1, 0.15) is 11.9 Å². The van der Waals surface area contributed by atoms with E-state index in [1.54, 1.807) is 30.3 Å². The minimum atomic E-state index is -0.596. The van der Waals surface area contributed by atoms with Crippen LogP contribution in [0.15, 0.2) is 30.6 Å². The maximum Gasteiger partial charge on any atom is 0.240 e. The first kappa shape index (κ1) is 20.8. The molecule has 0 fully saturated rings. The van der Waals surface area contributed by atoms with E-state index in [0.717, 1.165) is 11.4 Å². The smallest absolute Gasteiger partial charge is 0.240 e. The molecule has 1 amide bonds. The van der Waals surface area contributed by atoms with E-state index >= 15 is 0 Å². The Morgan fingerprint density at radius 1 is 1.36 bits per heavy atom. The molecule has 0 spiro atoms. The summed E-state index contributed by atoms with van der Waals surface area (Å²) in [5.74, 6) is -0.485. The molecule has 3 rings (SSSR count). The number of carbonyl (C=O) groups is 1. The van der Waals surface area contributed by atoms with Crippen molar-refractivity contribution >= 4 is 5.91 Å². The number of hydrogen-bond donors (Lipinski definition) is 2. The number of rotatable bonds is 2. The summed E-state index contributed by atoms with van der Waals surface area (Å²) in [6.07, 6.45) is 2.30. The van der Waals surface area contributed by atoms with Crippen molar-refractivity contribution < 1.29 is 9.18 Å². The number of aromatic nitrogens is 2. The van der Waals surface area contributed by atoms with Gasteiger partial charge in [-0.15, -0.1) is 0 Å². The van der Waals surface area contributed by atoms with Gasteiger partial charge in [0.05, 0.1) is 18.1 Å². The average Bonchev–Trinajstić information content (AvgIpc) is 3.12. The van der Waals surface area contributed by atoms with Gasteiger partial charge in [-0.1, -0.05) is 39.8 Å². The second kappa shape index (κ2) is 9.93. The van der Waals surface area contributed by atoms with Gasteiger partial charge in [-0.2, -0.15) is 0 Å². The molecule has 2 aromatic rings. The highest BCUT2D eigenvalue weighted by molar-refractivity contribution is 5.82. The van der Waals surface area contributed by atoms with Gasteiger partial charge in [0.25, 0.3) is 0 Å². The number of benzene rings is 1. The SMILES string of the molecule is CC.CC.CC(N)C(=O)N1CCc2[nH]cnc2C1c1cccc(F)c1. The minimum absolute atomic E-state index is 0.155. The minimum Gasteiger partial charge on any atom is -0.348 e. The van der Waals surface area contributed by atoms with Gasteiger partial charge < -0.3 is 15.6 Å². The summed E-state index contributed by atoms with van der Waals surface area (Å²) >= 11 is 0. The number of fused-ring (bicyclic) bond motifs is 1. The van der Waals surface area contributed by atoms with Gasteiger partial charge in [-0.3, -0.25) is 4.79 Å². The number of hydrogen-bond acceptors (Lipinski definition) is 3. The molecule has 0 saturated heterocycles. The van der Waals surface area contributed by atoms with E-state index in [1.165, 1.54) is 12.1 Å². The zero-order valence-corrected chi connectivity index (χ0v) is 15.7. The summed E-state index contributed by atoms with van der Waals surface area (Å²) in [6.45, 7) is 10.2. The lowest BCUT2D eigenvalue weighted by molar-refractivity contribution is -0.134. The normalized spacial score (nSPS) is 16.6. The molecule has 2 atom stereocenters. The van der Waals surface area contributed by atoms with Crippen LogP contribution in [-0.2, 0) is 11.2 Å². The number of halogens is 1. The van der Waals surface area contributed by atoms with Crippen LogP contribution in [0.3, 0.4) is 0 Å². The van der Waals surface area contributed by atoms with Crippen molar-refractivity contribution in [2.45, 2.75) is 53.1 Å². The summed E-state index contributed by atoms with van der Waals surface area (Å²) in [4.78, 5) is 21.5. The highest BCUT2D eigenvalue weighted by atomic mass is 19.1. The van der Waals surface area contributed by atoms with Crippen molar-refractivity contribution in [3.63, 3.8) is 0 Å². The van der Waals surface area contributed by atoms with E-state index in [-0.39, 0.29) is 11.7 Å². The molecule has 2 heterocycles. The van der Waals surface area contributed by atoms with Crippen LogP contribution in [0.25, 0.3) is 0 Å². The molecule has 5 nitrogen and oxygen atoms in total. The Morgan fingerprint density at radius 2 is 2.04 bits per heavy atom. The zero-order valence-electron chi connectivity index (χ0n) is 15.7. The topological polar surface area (TPSA) is 75.0 Å². The van der Waals surface area contributed by atoms with E-state index < -0.39 is 12.1 Å². The Balaban J connectivity index is 0.000000730. The largest absolute Gasteiger partial charge is 0.348 e. The van der Waals surface area contributed by atoms with Crippen LogP contribution < -0.4 is 5.73 Å². The van der Waals surface area contributed by atoms with Gasteiger partial charge >= 0.3 is 0 Å². The monoisotopic (exact) mass is 348 g/mol. The third kappa shape index (κ3) is 4.66. The van der Waals surface area contributed by atoms with Crippen molar-refractivity contribution in [2.75, 3.05) is 6.54 Å². The number of nitrogens with two attached hydrogens (primary N) is 1. The molecule has 0 aliphatic carbocycles. The predicted molar refractivity (Wildman–Crippen MR) is 98.6 cm³/mol. The van der Waals surface area contributed by atoms with E-state index in [4.69, 9.17) is 5.73 Å². The van der Waals surface area contributed by atoms with E-state index in [1.807, 2.05) is 27.7 Å². The number of H-pyrrole nitrogens is 1. The molecule has 1 aromatic carbocycles. The summed E-state index contributed by atoms with van der Waals surface area (Å²) in [7, 11) is 0. The fourth-order valence-corrected chi connectivity index (χ4v) is 2.79. The van der Waals surface area contributed by atoms with Crippen LogP contribution in [0.2, 0.25) is 0 Å². The highest BCUT2D eigenvalue weighted by Crippen LogP contribution is 2.33. The summed E-state index contributed by atoms with van der Waals surface area (Å²) in [5.41, 5.74) is 8.19. The second-order valence-corrected chi connectivity index (χ2v) is 5.29. The summed E-state index contributed by atoms with van der Waals surface area (Å²) in [6, 6.07) is 5.28. The predicted octanol–water partition coefficient (Wildman–Crippen LogP) is 3.42. The Labute approximate surface area is 149 Å². The van der Waals surface area contributed by atoms with E-state index in [9.17, 15) is 9.18 Å². The molecule has 3 N–H and O–H groups in total. The van der Waals surface area contributed by atoms with Gasteiger partial charge in [-0.05, 0) is 24.6 Å². The van der Waals surface area contributed by atoms with Crippen molar-refractivity contribution in [3.8, 4) is 0 Å². The maximum absolute atomic E-state index is 13.6. The quantitative estimate of drug-likeness (QED) is 0.873. The van der Waals surface area contributed by atoms with Gasteiger partial charge in [0.15, 0.2) is 0 Å². The molecule has 0 bridgehead atoms. The van der Waals surface area contributed by atoms with Crippen LogP contribution >= 0.6 is 0 Å². The first-order valence-electron chi connectivity index (χ1n) is 8.91. The highest BCUT2D eigenvalue weighted by Gasteiger charge is 2.35. The van der Waals surface area contributed by atoms with E-state index in [0.29, 0.717) is 18.5 Å². The Kier molecular flexibility index (Phi) is 8.28. The standard InChI is InChI=1S/C15H17FN4O.2C2H6/c1-9(17)15(21)20-6-5-12-13(19-8-18-12)14(20)10-3-2-4-11(16)7-10;2*1-2/h2-4,7-9,14H,5-6,17H2,1H3,(H,18,19);2*1-2H3. The van der Waals surface area contributed by atoms with Gasteiger partial charge in [-0.25, -0.2) is 9.37 Å². The lowest BCUT2D eigenvalue weighted by Gasteiger charge is -2.36. The summed E-state index contributed by atoms with van der Waals surface area (Å²) < 4.78 is 13.6. The number of imidazole rings is 1. The number of aromatic amines is 1. The maximum atomic E-state index is 13.6. The van der Waals surface area contributed by atoms with Crippen LogP contribution in [0.1, 0.15) is 57.6 Å². The number of carbonyl (C=O) groups excluding carboxylic acids is 1. The van der Waals surface area contributed by atoms with Gasteiger partial charge in [0.2, 0.25) is 5.91 Å². The molecule has 1 aromatic heterocycles. The van der Waals surface area contributed by atoms with Crippen molar-refractivity contribution in [3.05, 3.63) is 53.4 Å². The van der Waals surface area contributed by atoms with Crippen molar-refractivity contribution in [1.29, 1.82) is 0 Å². The van der Waals surface area contributed by atoms with Crippen molar-refractivity contribution in [2.24, 2.45) is 5.73 Å². The number of nitrogens with zero attached hydrogens (tertiary/aromatic N) is 2. The number of amides is 1. The fraction of sp³-hybridized carbons (Fsp3) is 0.474. The third-order valence-corrected chi connectivity index (χ3v) is 3.76. The first-order chi connectivity index (χ1) is 12.1. The number of nitrogens with one attached hydrogen (secondary N) is 1. The van der Waals surface area contributed by atoms with Crippen LogP contribution in [0.5, 0.6) is 0 Å². The Bertz CT molecular complexity index is 669. The first-order valence-corrected chi connectivity index (χ1v) is 8.91.